The molecular weight excluding hydrogens is 202 g/mol. The molecule has 4 nitrogen and oxygen atoms in total. The maximum atomic E-state index is 11.8. The average Bonchev–Trinajstić information content (AvgIpc) is 2.87. The van der Waals surface area contributed by atoms with Crippen LogP contribution >= 0.6 is 0 Å². The van der Waals surface area contributed by atoms with Crippen LogP contribution in [0.1, 0.15) is 38.3 Å². The Morgan fingerprint density at radius 2 is 2.19 bits per heavy atom. The number of nitrogens with zero attached hydrogens (tertiary/aromatic N) is 1. The first kappa shape index (κ1) is 10.9. The Morgan fingerprint density at radius 1 is 1.50 bits per heavy atom. The topological polar surface area (TPSA) is 57.8 Å². The SMILES string of the molecule is CC(C)c1cc(NC(=O)C2CC=CC2)n[nH]1. The van der Waals surface area contributed by atoms with Gasteiger partial charge in [0.15, 0.2) is 5.82 Å². The Bertz CT molecular complexity index is 398. The summed E-state index contributed by atoms with van der Waals surface area (Å²) in [7, 11) is 0. The summed E-state index contributed by atoms with van der Waals surface area (Å²) >= 11 is 0. The van der Waals surface area contributed by atoms with E-state index in [1.807, 2.05) is 18.2 Å². The van der Waals surface area contributed by atoms with E-state index in [4.69, 9.17) is 0 Å². The number of carbonyl (C=O) groups excluding carboxylic acids is 1. The molecule has 4 heteroatoms. The summed E-state index contributed by atoms with van der Waals surface area (Å²) in [6.45, 7) is 4.17. The van der Waals surface area contributed by atoms with E-state index in [-0.39, 0.29) is 11.8 Å². The predicted octanol–water partition coefficient (Wildman–Crippen LogP) is 2.44. The zero-order valence-corrected chi connectivity index (χ0v) is 9.66. The fourth-order valence-electron chi connectivity index (χ4n) is 1.76. The van der Waals surface area contributed by atoms with Crippen molar-refractivity contribution < 1.29 is 4.79 Å². The minimum absolute atomic E-state index is 0.0619. The number of nitrogens with one attached hydrogen (secondary N) is 2. The standard InChI is InChI=1S/C12H17N3O/c1-8(2)10-7-11(15-14-10)13-12(16)9-5-3-4-6-9/h3-4,7-9H,5-6H2,1-2H3,(H2,13,14,15,16). The molecule has 1 aliphatic carbocycles. The second kappa shape index (κ2) is 4.51. The van der Waals surface area contributed by atoms with Crippen LogP contribution in [0.4, 0.5) is 5.82 Å². The van der Waals surface area contributed by atoms with Crippen LogP contribution in [0.25, 0.3) is 0 Å². The van der Waals surface area contributed by atoms with Gasteiger partial charge < -0.3 is 5.32 Å². The number of aromatic nitrogens is 2. The summed E-state index contributed by atoms with van der Waals surface area (Å²) in [6.07, 6.45) is 5.78. The highest BCUT2D eigenvalue weighted by Crippen LogP contribution is 2.20. The number of H-pyrrole nitrogens is 1. The van der Waals surface area contributed by atoms with Crippen molar-refractivity contribution in [2.24, 2.45) is 5.92 Å². The van der Waals surface area contributed by atoms with Gasteiger partial charge >= 0.3 is 0 Å². The van der Waals surface area contributed by atoms with Crippen molar-refractivity contribution in [2.75, 3.05) is 5.32 Å². The van der Waals surface area contributed by atoms with Crippen molar-refractivity contribution in [3.63, 3.8) is 0 Å². The molecule has 1 aliphatic rings. The third kappa shape index (κ3) is 2.32. The van der Waals surface area contributed by atoms with E-state index in [1.165, 1.54) is 0 Å². The zero-order chi connectivity index (χ0) is 11.5. The van der Waals surface area contributed by atoms with Gasteiger partial charge in [0.25, 0.3) is 0 Å². The molecule has 0 aliphatic heterocycles. The molecule has 0 saturated carbocycles. The Morgan fingerprint density at radius 3 is 2.75 bits per heavy atom. The van der Waals surface area contributed by atoms with E-state index in [1.54, 1.807) is 0 Å². The molecule has 1 heterocycles. The van der Waals surface area contributed by atoms with Crippen LogP contribution in [0.2, 0.25) is 0 Å². The Labute approximate surface area is 95.1 Å². The number of hydrogen-bond donors (Lipinski definition) is 2. The monoisotopic (exact) mass is 219 g/mol. The van der Waals surface area contributed by atoms with Crippen molar-refractivity contribution in [3.05, 3.63) is 23.9 Å². The minimum Gasteiger partial charge on any atom is -0.309 e. The van der Waals surface area contributed by atoms with Gasteiger partial charge in [-0.3, -0.25) is 9.89 Å². The molecule has 0 saturated heterocycles. The third-order valence-corrected chi connectivity index (χ3v) is 2.85. The lowest BCUT2D eigenvalue weighted by molar-refractivity contribution is -0.119. The van der Waals surface area contributed by atoms with Crippen LogP contribution in [0.5, 0.6) is 0 Å². The highest BCUT2D eigenvalue weighted by atomic mass is 16.1. The summed E-state index contributed by atoms with van der Waals surface area (Å²) in [5.74, 6) is 1.16. The van der Waals surface area contributed by atoms with Gasteiger partial charge in [0, 0.05) is 17.7 Å². The van der Waals surface area contributed by atoms with E-state index in [0.717, 1.165) is 18.5 Å². The lowest BCUT2D eigenvalue weighted by Crippen LogP contribution is -2.20. The summed E-state index contributed by atoms with van der Waals surface area (Å²) in [5, 5.41) is 9.83. The number of hydrogen-bond acceptors (Lipinski definition) is 2. The Kier molecular flexibility index (Phi) is 3.08. The highest BCUT2D eigenvalue weighted by molar-refractivity contribution is 5.92. The summed E-state index contributed by atoms with van der Waals surface area (Å²) < 4.78 is 0. The van der Waals surface area contributed by atoms with Gasteiger partial charge in [0.1, 0.15) is 0 Å². The first-order chi connectivity index (χ1) is 7.66. The van der Waals surface area contributed by atoms with Crippen molar-refractivity contribution >= 4 is 11.7 Å². The molecule has 1 aromatic heterocycles. The number of anilines is 1. The minimum atomic E-state index is 0.0619. The number of amides is 1. The van der Waals surface area contributed by atoms with Crippen LogP contribution in [-0.2, 0) is 4.79 Å². The second-order valence-electron chi connectivity index (χ2n) is 4.49. The lowest BCUT2D eigenvalue weighted by atomic mass is 10.1. The quantitative estimate of drug-likeness (QED) is 0.767. The van der Waals surface area contributed by atoms with Crippen molar-refractivity contribution in [1.82, 2.24) is 10.2 Å². The van der Waals surface area contributed by atoms with Crippen LogP contribution in [0, 0.1) is 5.92 Å². The first-order valence-electron chi connectivity index (χ1n) is 5.68. The maximum Gasteiger partial charge on any atom is 0.229 e. The second-order valence-corrected chi connectivity index (χ2v) is 4.49. The van der Waals surface area contributed by atoms with Gasteiger partial charge in [-0.05, 0) is 18.8 Å². The van der Waals surface area contributed by atoms with Crippen molar-refractivity contribution in [2.45, 2.75) is 32.6 Å². The first-order valence-corrected chi connectivity index (χ1v) is 5.68. The van der Waals surface area contributed by atoms with Crippen LogP contribution in [0.15, 0.2) is 18.2 Å². The van der Waals surface area contributed by atoms with E-state index in [9.17, 15) is 4.79 Å². The predicted molar refractivity (Wildman–Crippen MR) is 63.2 cm³/mol. The summed E-state index contributed by atoms with van der Waals surface area (Å²) in [5.41, 5.74) is 1.04. The number of allylic oxidation sites excluding steroid dienone is 2. The van der Waals surface area contributed by atoms with Crippen molar-refractivity contribution in [3.8, 4) is 0 Å². The van der Waals surface area contributed by atoms with Crippen molar-refractivity contribution in [1.29, 1.82) is 0 Å². The fraction of sp³-hybridized carbons (Fsp3) is 0.500. The molecular formula is C12H17N3O. The molecule has 1 aromatic rings. The average molecular weight is 219 g/mol. The molecule has 0 spiro atoms. The molecule has 2 N–H and O–H groups in total. The molecule has 0 unspecified atom stereocenters. The Balaban J connectivity index is 1.95. The molecule has 16 heavy (non-hydrogen) atoms. The molecule has 0 fully saturated rings. The third-order valence-electron chi connectivity index (χ3n) is 2.85. The van der Waals surface area contributed by atoms with Crippen LogP contribution < -0.4 is 5.32 Å². The van der Waals surface area contributed by atoms with Gasteiger partial charge in [0.2, 0.25) is 5.91 Å². The maximum absolute atomic E-state index is 11.8. The number of carbonyl (C=O) groups is 1. The van der Waals surface area contributed by atoms with E-state index in [0.29, 0.717) is 11.7 Å². The van der Waals surface area contributed by atoms with Gasteiger partial charge in [0.05, 0.1) is 0 Å². The lowest BCUT2D eigenvalue weighted by Gasteiger charge is -2.07. The normalized spacial score (nSPS) is 15.9. The van der Waals surface area contributed by atoms with E-state index >= 15 is 0 Å². The van der Waals surface area contributed by atoms with Crippen LogP contribution in [0.3, 0.4) is 0 Å². The summed E-state index contributed by atoms with van der Waals surface area (Å²) in [6, 6.07) is 1.89. The Hall–Kier alpha value is -1.58. The fourth-order valence-corrected chi connectivity index (χ4v) is 1.76. The van der Waals surface area contributed by atoms with Gasteiger partial charge in [-0.15, -0.1) is 0 Å². The van der Waals surface area contributed by atoms with Gasteiger partial charge in [-0.1, -0.05) is 26.0 Å². The largest absolute Gasteiger partial charge is 0.309 e. The molecule has 2 rings (SSSR count). The molecule has 0 radical (unpaired) electrons. The number of aromatic amines is 1. The molecule has 1 amide bonds. The van der Waals surface area contributed by atoms with E-state index < -0.39 is 0 Å². The molecule has 0 aromatic carbocycles. The van der Waals surface area contributed by atoms with Gasteiger partial charge in [-0.25, -0.2) is 0 Å². The van der Waals surface area contributed by atoms with E-state index in [2.05, 4.69) is 29.4 Å². The summed E-state index contributed by atoms with van der Waals surface area (Å²) in [4.78, 5) is 11.8. The number of rotatable bonds is 3. The molecule has 86 valence electrons. The highest BCUT2D eigenvalue weighted by Gasteiger charge is 2.19. The zero-order valence-electron chi connectivity index (χ0n) is 9.66. The van der Waals surface area contributed by atoms with Gasteiger partial charge in [-0.2, -0.15) is 5.10 Å². The molecule has 0 atom stereocenters. The molecule has 0 bridgehead atoms. The van der Waals surface area contributed by atoms with Crippen LogP contribution in [-0.4, -0.2) is 16.1 Å². The smallest absolute Gasteiger partial charge is 0.229 e.